The van der Waals surface area contributed by atoms with E-state index in [4.69, 9.17) is 5.53 Å². The van der Waals surface area contributed by atoms with Gasteiger partial charge in [-0.25, -0.2) is 4.98 Å². The Hall–Kier alpha value is -2.00. The van der Waals surface area contributed by atoms with Gasteiger partial charge < -0.3 is 4.40 Å². The average molecular weight is 227 g/mol. The fraction of sp³-hybridized carbons (Fsp3) is 0.417. The van der Waals surface area contributed by atoms with Gasteiger partial charge in [-0.3, -0.25) is 0 Å². The fourth-order valence-electron chi connectivity index (χ4n) is 2.17. The summed E-state index contributed by atoms with van der Waals surface area (Å²) in [5.74, 6) is 0.737. The van der Waals surface area contributed by atoms with E-state index in [0.717, 1.165) is 17.3 Å². The van der Waals surface area contributed by atoms with Crippen molar-refractivity contribution in [1.29, 1.82) is 0 Å². The standard InChI is InChI=1S/C12H13N5/c1-8-4-10(9-2-3-9)6-17-7-11(5-14-16-13)15-12(8)17/h4,6-7,9H,2-3,5H2,1H3. The van der Waals surface area contributed by atoms with Gasteiger partial charge in [0.25, 0.3) is 0 Å². The summed E-state index contributed by atoms with van der Waals surface area (Å²) < 4.78 is 2.05. The average Bonchev–Trinajstić information content (AvgIpc) is 3.07. The molecule has 5 nitrogen and oxygen atoms in total. The maximum atomic E-state index is 8.31. The van der Waals surface area contributed by atoms with Gasteiger partial charge in [0.15, 0.2) is 0 Å². The lowest BCUT2D eigenvalue weighted by atomic mass is 10.1. The highest BCUT2D eigenvalue weighted by Crippen LogP contribution is 2.40. The minimum atomic E-state index is 0.316. The Morgan fingerprint density at radius 3 is 3.06 bits per heavy atom. The monoisotopic (exact) mass is 227 g/mol. The topological polar surface area (TPSA) is 66.1 Å². The molecule has 0 spiro atoms. The van der Waals surface area contributed by atoms with Gasteiger partial charge in [-0.15, -0.1) is 0 Å². The molecule has 2 aromatic rings. The summed E-state index contributed by atoms with van der Waals surface area (Å²) in [6, 6.07) is 2.22. The van der Waals surface area contributed by atoms with Crippen LogP contribution in [0.2, 0.25) is 0 Å². The van der Waals surface area contributed by atoms with Gasteiger partial charge in [0.1, 0.15) is 5.65 Å². The highest BCUT2D eigenvalue weighted by Gasteiger charge is 2.24. The lowest BCUT2D eigenvalue weighted by molar-refractivity contribution is 0.996. The lowest BCUT2D eigenvalue weighted by Crippen LogP contribution is -1.91. The zero-order valence-corrected chi connectivity index (χ0v) is 9.67. The molecule has 0 N–H and O–H groups in total. The molecule has 0 saturated heterocycles. The molecule has 0 atom stereocenters. The number of hydrogen-bond acceptors (Lipinski definition) is 2. The first kappa shape index (κ1) is 10.2. The number of pyridine rings is 1. The lowest BCUT2D eigenvalue weighted by Gasteiger charge is -2.02. The molecule has 0 unspecified atom stereocenters. The van der Waals surface area contributed by atoms with Crippen LogP contribution in [0.5, 0.6) is 0 Å². The maximum Gasteiger partial charge on any atom is 0.139 e. The fourth-order valence-corrected chi connectivity index (χ4v) is 2.17. The third-order valence-electron chi connectivity index (χ3n) is 3.15. The molecule has 2 heterocycles. The molecular formula is C12H13N5. The zero-order chi connectivity index (χ0) is 11.8. The first-order valence-electron chi connectivity index (χ1n) is 5.77. The van der Waals surface area contributed by atoms with Crippen molar-refractivity contribution in [3.8, 4) is 0 Å². The molecule has 1 saturated carbocycles. The van der Waals surface area contributed by atoms with Crippen molar-refractivity contribution in [1.82, 2.24) is 9.38 Å². The number of imidazole rings is 1. The third-order valence-corrected chi connectivity index (χ3v) is 3.15. The second-order valence-electron chi connectivity index (χ2n) is 4.58. The Morgan fingerprint density at radius 2 is 2.35 bits per heavy atom. The first-order chi connectivity index (χ1) is 8.28. The first-order valence-corrected chi connectivity index (χ1v) is 5.77. The highest BCUT2D eigenvalue weighted by atomic mass is 15.1. The van der Waals surface area contributed by atoms with Crippen molar-refractivity contribution in [2.45, 2.75) is 32.2 Å². The molecule has 86 valence electrons. The molecule has 1 fully saturated rings. The van der Waals surface area contributed by atoms with Crippen LogP contribution in [0.3, 0.4) is 0 Å². The molecule has 5 heteroatoms. The van der Waals surface area contributed by atoms with E-state index in [-0.39, 0.29) is 0 Å². The quantitative estimate of drug-likeness (QED) is 0.450. The van der Waals surface area contributed by atoms with Gasteiger partial charge in [-0.05, 0) is 42.3 Å². The van der Waals surface area contributed by atoms with E-state index >= 15 is 0 Å². The van der Waals surface area contributed by atoms with Crippen LogP contribution in [0.25, 0.3) is 16.1 Å². The number of hydrogen-bond donors (Lipinski definition) is 0. The van der Waals surface area contributed by atoms with Crippen molar-refractivity contribution < 1.29 is 0 Å². The van der Waals surface area contributed by atoms with E-state index < -0.39 is 0 Å². The van der Waals surface area contributed by atoms with Gasteiger partial charge in [0.2, 0.25) is 0 Å². The molecule has 0 bridgehead atoms. The Morgan fingerprint density at radius 1 is 1.53 bits per heavy atom. The van der Waals surface area contributed by atoms with Crippen LogP contribution in [0.4, 0.5) is 0 Å². The van der Waals surface area contributed by atoms with Crippen molar-refractivity contribution in [3.05, 3.63) is 45.7 Å². The van der Waals surface area contributed by atoms with E-state index in [2.05, 4.69) is 34.2 Å². The Kier molecular flexibility index (Phi) is 2.27. The number of aromatic nitrogens is 2. The Labute approximate surface area is 98.7 Å². The maximum absolute atomic E-state index is 8.31. The van der Waals surface area contributed by atoms with Crippen molar-refractivity contribution >= 4 is 5.65 Å². The van der Waals surface area contributed by atoms with Gasteiger partial charge >= 0.3 is 0 Å². The summed E-state index contributed by atoms with van der Waals surface area (Å²) >= 11 is 0. The SMILES string of the molecule is Cc1cc(C2CC2)cn2cc(CN=[N+]=[N-])nc12. The van der Waals surface area contributed by atoms with E-state index in [0.29, 0.717) is 6.54 Å². The van der Waals surface area contributed by atoms with Crippen LogP contribution >= 0.6 is 0 Å². The normalized spacial score (nSPS) is 14.9. The number of aryl methyl sites for hydroxylation is 1. The van der Waals surface area contributed by atoms with Crippen molar-refractivity contribution in [2.75, 3.05) is 0 Å². The zero-order valence-electron chi connectivity index (χ0n) is 9.67. The molecule has 0 radical (unpaired) electrons. The summed E-state index contributed by atoms with van der Waals surface area (Å²) in [5, 5.41) is 3.54. The van der Waals surface area contributed by atoms with E-state index in [9.17, 15) is 0 Å². The number of rotatable bonds is 3. The second kappa shape index (κ2) is 3.79. The van der Waals surface area contributed by atoms with Gasteiger partial charge in [-0.1, -0.05) is 11.2 Å². The predicted octanol–water partition coefficient (Wildman–Crippen LogP) is 3.33. The van der Waals surface area contributed by atoms with Crippen LogP contribution in [-0.4, -0.2) is 9.38 Å². The molecule has 1 aliphatic carbocycles. The smallest absolute Gasteiger partial charge is 0.139 e. The summed E-state index contributed by atoms with van der Waals surface area (Å²) in [6.45, 7) is 2.39. The largest absolute Gasteiger partial charge is 0.306 e. The van der Waals surface area contributed by atoms with Crippen LogP contribution in [-0.2, 0) is 6.54 Å². The van der Waals surface area contributed by atoms with Gasteiger partial charge in [0.05, 0.1) is 12.2 Å². The summed E-state index contributed by atoms with van der Waals surface area (Å²) in [4.78, 5) is 7.22. The summed E-state index contributed by atoms with van der Waals surface area (Å²) in [6.07, 6.45) is 6.69. The molecule has 2 aromatic heterocycles. The summed E-state index contributed by atoms with van der Waals surface area (Å²) in [5.41, 5.74) is 12.7. The molecule has 0 aromatic carbocycles. The minimum Gasteiger partial charge on any atom is -0.306 e. The van der Waals surface area contributed by atoms with Crippen LogP contribution in [0.1, 0.15) is 35.6 Å². The van der Waals surface area contributed by atoms with E-state index in [1.165, 1.54) is 24.0 Å². The van der Waals surface area contributed by atoms with E-state index in [1.807, 2.05) is 10.6 Å². The van der Waals surface area contributed by atoms with Crippen molar-refractivity contribution in [2.24, 2.45) is 5.11 Å². The predicted molar refractivity (Wildman–Crippen MR) is 64.8 cm³/mol. The van der Waals surface area contributed by atoms with Crippen LogP contribution in [0.15, 0.2) is 23.6 Å². The second-order valence-corrected chi connectivity index (χ2v) is 4.58. The molecule has 0 aliphatic heterocycles. The highest BCUT2D eigenvalue weighted by molar-refractivity contribution is 5.50. The molecule has 17 heavy (non-hydrogen) atoms. The van der Waals surface area contributed by atoms with Gasteiger partial charge in [0, 0.05) is 17.3 Å². The Balaban J connectivity index is 2.07. The van der Waals surface area contributed by atoms with Gasteiger partial charge in [-0.2, -0.15) is 0 Å². The van der Waals surface area contributed by atoms with E-state index in [1.54, 1.807) is 0 Å². The number of nitrogens with zero attached hydrogens (tertiary/aromatic N) is 5. The molecular weight excluding hydrogens is 214 g/mol. The number of azide groups is 1. The van der Waals surface area contributed by atoms with Crippen LogP contribution < -0.4 is 0 Å². The summed E-state index contributed by atoms with van der Waals surface area (Å²) in [7, 11) is 0. The van der Waals surface area contributed by atoms with Crippen LogP contribution in [0, 0.1) is 6.92 Å². The minimum absolute atomic E-state index is 0.316. The Bertz CT molecular complexity index is 617. The third kappa shape index (κ3) is 1.85. The number of fused-ring (bicyclic) bond motifs is 1. The molecule has 1 aliphatic rings. The molecule has 0 amide bonds. The van der Waals surface area contributed by atoms with Crippen molar-refractivity contribution in [3.63, 3.8) is 0 Å². The molecule has 3 rings (SSSR count).